The van der Waals surface area contributed by atoms with Crippen LogP contribution >= 0.6 is 15.9 Å². The number of rotatable bonds is 3. The largest absolute Gasteiger partial charge is 0.387 e. The molecule has 0 fully saturated rings. The third kappa shape index (κ3) is 2.53. The fourth-order valence-electron chi connectivity index (χ4n) is 1.20. The molecule has 0 radical (unpaired) electrons. The molecular formula is C10H13BrFNO. The summed E-state index contributed by atoms with van der Waals surface area (Å²) < 4.78 is 13.3. The van der Waals surface area contributed by atoms with E-state index in [4.69, 9.17) is 5.73 Å². The number of aliphatic hydroxyl groups is 1. The van der Waals surface area contributed by atoms with E-state index in [1.165, 1.54) is 12.1 Å². The molecule has 0 aromatic heterocycles. The van der Waals surface area contributed by atoms with Gasteiger partial charge in [-0.1, -0.05) is 28.9 Å². The Morgan fingerprint density at radius 2 is 2.21 bits per heavy atom. The molecule has 0 saturated carbocycles. The van der Waals surface area contributed by atoms with E-state index < -0.39 is 6.10 Å². The number of benzene rings is 1. The Morgan fingerprint density at radius 1 is 1.57 bits per heavy atom. The molecule has 0 spiro atoms. The highest BCUT2D eigenvalue weighted by Crippen LogP contribution is 2.26. The summed E-state index contributed by atoms with van der Waals surface area (Å²) in [6, 6.07) is 3.85. The number of halogens is 2. The number of nitrogens with two attached hydrogens (primary N) is 1. The molecule has 1 aromatic rings. The first kappa shape index (κ1) is 11.6. The quantitative estimate of drug-likeness (QED) is 0.878. The van der Waals surface area contributed by atoms with Gasteiger partial charge in [0.05, 0.1) is 6.10 Å². The molecule has 2 atom stereocenters. The van der Waals surface area contributed by atoms with Crippen LogP contribution in [0.5, 0.6) is 0 Å². The van der Waals surface area contributed by atoms with Gasteiger partial charge in [0.2, 0.25) is 0 Å². The first-order chi connectivity index (χ1) is 6.56. The van der Waals surface area contributed by atoms with Crippen LogP contribution in [0.3, 0.4) is 0 Å². The lowest BCUT2D eigenvalue weighted by atomic mass is 10.0. The van der Waals surface area contributed by atoms with Crippen molar-refractivity contribution in [3.63, 3.8) is 0 Å². The average molecular weight is 262 g/mol. The molecule has 2 nitrogen and oxygen atoms in total. The smallest absolute Gasteiger partial charge is 0.124 e. The molecule has 1 aromatic carbocycles. The summed E-state index contributed by atoms with van der Waals surface area (Å²) in [5.74, 6) is -0.335. The predicted molar refractivity (Wildman–Crippen MR) is 57.3 cm³/mol. The molecule has 0 aliphatic carbocycles. The zero-order valence-electron chi connectivity index (χ0n) is 7.87. The minimum absolute atomic E-state index is 0.322. The van der Waals surface area contributed by atoms with Crippen LogP contribution < -0.4 is 5.73 Å². The van der Waals surface area contributed by atoms with Gasteiger partial charge >= 0.3 is 0 Å². The van der Waals surface area contributed by atoms with Gasteiger partial charge in [-0.2, -0.15) is 0 Å². The SMILES string of the molecule is CCC(N)C(O)c1ccc(F)cc1Br. The molecule has 0 amide bonds. The summed E-state index contributed by atoms with van der Waals surface area (Å²) in [5, 5.41) is 9.78. The van der Waals surface area contributed by atoms with E-state index in [0.29, 0.717) is 16.5 Å². The zero-order chi connectivity index (χ0) is 10.7. The Balaban J connectivity index is 2.95. The van der Waals surface area contributed by atoms with Crippen molar-refractivity contribution in [3.8, 4) is 0 Å². The van der Waals surface area contributed by atoms with E-state index in [9.17, 15) is 9.50 Å². The van der Waals surface area contributed by atoms with Crippen molar-refractivity contribution in [1.82, 2.24) is 0 Å². The van der Waals surface area contributed by atoms with Gasteiger partial charge < -0.3 is 10.8 Å². The Kier molecular flexibility index (Phi) is 4.04. The van der Waals surface area contributed by atoms with Crippen LogP contribution in [0.25, 0.3) is 0 Å². The molecule has 3 N–H and O–H groups in total. The molecule has 0 aliphatic heterocycles. The average Bonchev–Trinajstić information content (AvgIpc) is 2.15. The monoisotopic (exact) mass is 261 g/mol. The van der Waals surface area contributed by atoms with E-state index in [1.807, 2.05) is 6.92 Å². The second-order valence-corrected chi connectivity index (χ2v) is 4.04. The van der Waals surface area contributed by atoms with Crippen LogP contribution in [-0.2, 0) is 0 Å². The molecular weight excluding hydrogens is 249 g/mol. The first-order valence-electron chi connectivity index (χ1n) is 4.44. The van der Waals surface area contributed by atoms with Crippen LogP contribution in [0.2, 0.25) is 0 Å². The molecule has 0 aliphatic rings. The first-order valence-corrected chi connectivity index (χ1v) is 5.24. The van der Waals surface area contributed by atoms with Crippen molar-refractivity contribution in [1.29, 1.82) is 0 Å². The van der Waals surface area contributed by atoms with Gasteiger partial charge in [-0.15, -0.1) is 0 Å². The molecule has 0 saturated heterocycles. The molecule has 4 heteroatoms. The Labute approximate surface area is 91.1 Å². The molecule has 1 rings (SSSR count). The predicted octanol–water partition coefficient (Wildman–Crippen LogP) is 2.36. The summed E-state index contributed by atoms with van der Waals surface area (Å²) >= 11 is 3.19. The van der Waals surface area contributed by atoms with E-state index in [2.05, 4.69) is 15.9 Å². The van der Waals surface area contributed by atoms with Crippen LogP contribution in [-0.4, -0.2) is 11.1 Å². The highest BCUT2D eigenvalue weighted by Gasteiger charge is 2.17. The zero-order valence-corrected chi connectivity index (χ0v) is 9.46. The highest BCUT2D eigenvalue weighted by atomic mass is 79.9. The van der Waals surface area contributed by atoms with Crippen molar-refractivity contribution in [2.24, 2.45) is 5.73 Å². The van der Waals surface area contributed by atoms with E-state index in [-0.39, 0.29) is 11.9 Å². The lowest BCUT2D eigenvalue weighted by molar-refractivity contribution is 0.143. The van der Waals surface area contributed by atoms with Crippen LogP contribution in [0, 0.1) is 5.82 Å². The maximum atomic E-state index is 12.8. The van der Waals surface area contributed by atoms with Gasteiger partial charge in [0.1, 0.15) is 5.82 Å². The second-order valence-electron chi connectivity index (χ2n) is 3.18. The highest BCUT2D eigenvalue weighted by molar-refractivity contribution is 9.10. The van der Waals surface area contributed by atoms with E-state index >= 15 is 0 Å². The maximum Gasteiger partial charge on any atom is 0.124 e. The fourth-order valence-corrected chi connectivity index (χ4v) is 1.78. The Morgan fingerprint density at radius 3 is 2.71 bits per heavy atom. The molecule has 78 valence electrons. The third-order valence-corrected chi connectivity index (χ3v) is 2.84. The lowest BCUT2D eigenvalue weighted by Gasteiger charge is -2.18. The van der Waals surface area contributed by atoms with Crippen molar-refractivity contribution in [3.05, 3.63) is 34.1 Å². The number of aliphatic hydroxyl groups excluding tert-OH is 1. The third-order valence-electron chi connectivity index (χ3n) is 2.16. The standard InChI is InChI=1S/C10H13BrFNO/c1-2-9(13)10(14)7-4-3-6(12)5-8(7)11/h3-5,9-10,14H,2,13H2,1H3. The molecule has 0 heterocycles. The number of hydrogen-bond donors (Lipinski definition) is 2. The summed E-state index contributed by atoms with van der Waals surface area (Å²) in [6.45, 7) is 1.89. The van der Waals surface area contributed by atoms with E-state index in [1.54, 1.807) is 6.07 Å². The van der Waals surface area contributed by atoms with Gasteiger partial charge in [-0.25, -0.2) is 4.39 Å². The van der Waals surface area contributed by atoms with Crippen molar-refractivity contribution in [2.75, 3.05) is 0 Å². The molecule has 0 bridgehead atoms. The van der Waals surface area contributed by atoms with Crippen LogP contribution in [0.4, 0.5) is 4.39 Å². The summed E-state index contributed by atoms with van der Waals surface area (Å²) in [5.41, 5.74) is 6.32. The number of hydrogen-bond acceptors (Lipinski definition) is 2. The Hall–Kier alpha value is -0.450. The Bertz CT molecular complexity index is 319. The maximum absolute atomic E-state index is 12.8. The fraction of sp³-hybridized carbons (Fsp3) is 0.400. The van der Waals surface area contributed by atoms with Gasteiger partial charge in [-0.05, 0) is 24.1 Å². The minimum Gasteiger partial charge on any atom is -0.387 e. The minimum atomic E-state index is -0.755. The van der Waals surface area contributed by atoms with Gasteiger partial charge in [0, 0.05) is 10.5 Å². The summed E-state index contributed by atoms with van der Waals surface area (Å²) in [6.07, 6.45) is -0.0830. The second kappa shape index (κ2) is 4.87. The van der Waals surface area contributed by atoms with Crippen LogP contribution in [0.1, 0.15) is 25.0 Å². The van der Waals surface area contributed by atoms with Crippen molar-refractivity contribution >= 4 is 15.9 Å². The lowest BCUT2D eigenvalue weighted by Crippen LogP contribution is -2.27. The molecule has 2 unspecified atom stereocenters. The molecule has 14 heavy (non-hydrogen) atoms. The van der Waals surface area contributed by atoms with Gasteiger partial charge in [0.25, 0.3) is 0 Å². The summed E-state index contributed by atoms with van der Waals surface area (Å²) in [7, 11) is 0. The van der Waals surface area contributed by atoms with E-state index in [0.717, 1.165) is 0 Å². The van der Waals surface area contributed by atoms with Crippen molar-refractivity contribution < 1.29 is 9.50 Å². The van der Waals surface area contributed by atoms with Gasteiger partial charge in [0.15, 0.2) is 0 Å². The van der Waals surface area contributed by atoms with Crippen LogP contribution in [0.15, 0.2) is 22.7 Å². The normalized spacial score (nSPS) is 15.2. The van der Waals surface area contributed by atoms with Crippen molar-refractivity contribution in [2.45, 2.75) is 25.5 Å². The van der Waals surface area contributed by atoms with Gasteiger partial charge in [-0.3, -0.25) is 0 Å². The topological polar surface area (TPSA) is 46.2 Å². The summed E-state index contributed by atoms with van der Waals surface area (Å²) in [4.78, 5) is 0.